The highest BCUT2D eigenvalue weighted by Crippen LogP contribution is 2.29. The molecule has 0 aliphatic carbocycles. The molecule has 1 amide bonds. The molecule has 0 radical (unpaired) electrons. The van der Waals surface area contributed by atoms with Crippen molar-refractivity contribution in [3.8, 4) is 22.4 Å². The zero-order valence-electron chi connectivity index (χ0n) is 14.4. The Bertz CT molecular complexity index is 1060. The molecular weight excluding hydrogens is 342 g/mol. The summed E-state index contributed by atoms with van der Waals surface area (Å²) in [7, 11) is 0. The third kappa shape index (κ3) is 3.13. The van der Waals surface area contributed by atoms with E-state index in [4.69, 9.17) is 10.8 Å². The van der Waals surface area contributed by atoms with Crippen molar-refractivity contribution >= 4 is 17.6 Å². The predicted molar refractivity (Wildman–Crippen MR) is 103 cm³/mol. The summed E-state index contributed by atoms with van der Waals surface area (Å²) >= 11 is 0. The fourth-order valence-electron chi connectivity index (χ4n) is 3.26. The number of amides is 1. The summed E-state index contributed by atoms with van der Waals surface area (Å²) in [4.78, 5) is 27.7. The molecule has 4 rings (SSSR count). The normalized spacial score (nSPS) is 13.0. The van der Waals surface area contributed by atoms with Crippen molar-refractivity contribution in [2.45, 2.75) is 6.42 Å². The molecule has 6 nitrogen and oxygen atoms in total. The molecule has 2 heterocycles. The molecule has 0 atom stereocenters. The number of carbonyl (C=O) groups is 2. The number of fused-ring (bicyclic) bond motifs is 1. The van der Waals surface area contributed by atoms with E-state index in [0.29, 0.717) is 35.6 Å². The van der Waals surface area contributed by atoms with Crippen LogP contribution in [0.1, 0.15) is 26.4 Å². The van der Waals surface area contributed by atoms with Crippen LogP contribution in [0.25, 0.3) is 22.4 Å². The van der Waals surface area contributed by atoms with Gasteiger partial charge in [0.25, 0.3) is 5.91 Å². The van der Waals surface area contributed by atoms with Crippen molar-refractivity contribution in [3.05, 3.63) is 71.4 Å². The largest absolute Gasteiger partial charge is 0.478 e. The highest BCUT2D eigenvalue weighted by molar-refractivity contribution is 6.01. The summed E-state index contributed by atoms with van der Waals surface area (Å²) in [6.45, 7) is 0.553. The van der Waals surface area contributed by atoms with Gasteiger partial charge in [-0.1, -0.05) is 30.3 Å². The number of carboxylic acids is 1. The molecule has 0 unspecified atom stereocenters. The lowest BCUT2D eigenvalue weighted by atomic mass is 9.98. The van der Waals surface area contributed by atoms with Crippen molar-refractivity contribution in [2.75, 3.05) is 12.3 Å². The number of pyridine rings is 1. The van der Waals surface area contributed by atoms with E-state index in [2.05, 4.69) is 10.3 Å². The molecule has 27 heavy (non-hydrogen) atoms. The molecule has 0 saturated heterocycles. The molecule has 0 saturated carbocycles. The predicted octanol–water partition coefficient (Wildman–Crippen LogP) is 2.98. The van der Waals surface area contributed by atoms with Crippen molar-refractivity contribution in [1.82, 2.24) is 10.3 Å². The van der Waals surface area contributed by atoms with Gasteiger partial charge in [-0.2, -0.15) is 0 Å². The van der Waals surface area contributed by atoms with Gasteiger partial charge >= 0.3 is 5.97 Å². The molecule has 1 aliphatic heterocycles. The van der Waals surface area contributed by atoms with Gasteiger partial charge in [0.2, 0.25) is 0 Å². The minimum absolute atomic E-state index is 0.180. The number of hydrogen-bond acceptors (Lipinski definition) is 4. The summed E-state index contributed by atoms with van der Waals surface area (Å²) < 4.78 is 0. The first-order valence-electron chi connectivity index (χ1n) is 8.54. The van der Waals surface area contributed by atoms with Gasteiger partial charge in [-0.05, 0) is 35.4 Å². The second kappa shape index (κ2) is 6.57. The number of aromatic nitrogens is 1. The SMILES string of the molecule is Nc1cc(-c2cccc(-c3ccc(C(=O)O)cc3)c2)nc2c1C(=O)NCC2. The molecule has 2 aromatic carbocycles. The lowest BCUT2D eigenvalue weighted by molar-refractivity contribution is 0.0696. The Morgan fingerprint density at radius 3 is 2.52 bits per heavy atom. The first-order chi connectivity index (χ1) is 13.0. The number of nitrogens with one attached hydrogen (secondary N) is 1. The van der Waals surface area contributed by atoms with Gasteiger partial charge in [-0.25, -0.2) is 4.79 Å². The average Bonchev–Trinajstić information content (AvgIpc) is 2.68. The van der Waals surface area contributed by atoms with Crippen LogP contribution in [-0.4, -0.2) is 28.5 Å². The Balaban J connectivity index is 1.74. The van der Waals surface area contributed by atoms with Crippen LogP contribution < -0.4 is 11.1 Å². The Morgan fingerprint density at radius 1 is 1.04 bits per heavy atom. The van der Waals surface area contributed by atoms with Crippen molar-refractivity contribution in [1.29, 1.82) is 0 Å². The maximum Gasteiger partial charge on any atom is 0.335 e. The van der Waals surface area contributed by atoms with Crippen LogP contribution in [0.5, 0.6) is 0 Å². The second-order valence-electron chi connectivity index (χ2n) is 6.39. The Kier molecular flexibility index (Phi) is 4.08. The quantitative estimate of drug-likeness (QED) is 0.667. The average molecular weight is 359 g/mol. The fourth-order valence-corrected chi connectivity index (χ4v) is 3.26. The molecule has 134 valence electrons. The smallest absolute Gasteiger partial charge is 0.335 e. The second-order valence-corrected chi connectivity index (χ2v) is 6.39. The van der Waals surface area contributed by atoms with E-state index < -0.39 is 5.97 Å². The van der Waals surface area contributed by atoms with Crippen molar-refractivity contribution in [2.24, 2.45) is 0 Å². The third-order valence-electron chi connectivity index (χ3n) is 4.62. The highest BCUT2D eigenvalue weighted by atomic mass is 16.4. The van der Waals surface area contributed by atoms with Crippen LogP contribution in [0.15, 0.2) is 54.6 Å². The fraction of sp³-hybridized carbons (Fsp3) is 0.0952. The van der Waals surface area contributed by atoms with Crippen LogP contribution >= 0.6 is 0 Å². The number of nitrogens with two attached hydrogens (primary N) is 1. The topological polar surface area (TPSA) is 105 Å². The van der Waals surface area contributed by atoms with E-state index in [9.17, 15) is 9.59 Å². The molecule has 1 aromatic heterocycles. The number of nitrogens with zero attached hydrogens (tertiary/aromatic N) is 1. The third-order valence-corrected chi connectivity index (χ3v) is 4.62. The molecule has 4 N–H and O–H groups in total. The number of hydrogen-bond donors (Lipinski definition) is 3. The molecule has 0 fully saturated rings. The summed E-state index contributed by atoms with van der Waals surface area (Å²) in [5, 5.41) is 11.8. The molecule has 1 aliphatic rings. The number of benzene rings is 2. The standard InChI is InChI=1S/C21H17N3O3/c22-16-11-18(24-17-8-9-23-20(25)19(16)17)15-3-1-2-14(10-15)12-4-6-13(7-5-12)21(26)27/h1-7,10-11H,8-9H2,(H2,22,24)(H,23,25)(H,26,27). The van der Waals surface area contributed by atoms with Crippen LogP contribution in [0.2, 0.25) is 0 Å². The summed E-state index contributed by atoms with van der Waals surface area (Å²) in [5.74, 6) is -1.13. The minimum Gasteiger partial charge on any atom is -0.478 e. The molecule has 6 heteroatoms. The Hall–Kier alpha value is -3.67. The van der Waals surface area contributed by atoms with Gasteiger partial charge in [0.1, 0.15) is 0 Å². The monoisotopic (exact) mass is 359 g/mol. The lowest BCUT2D eigenvalue weighted by Gasteiger charge is -2.18. The van der Waals surface area contributed by atoms with E-state index >= 15 is 0 Å². The van der Waals surface area contributed by atoms with E-state index in [1.54, 1.807) is 30.3 Å². The van der Waals surface area contributed by atoms with Crippen LogP contribution in [0.4, 0.5) is 5.69 Å². The molecule has 3 aromatic rings. The maximum atomic E-state index is 12.0. The highest BCUT2D eigenvalue weighted by Gasteiger charge is 2.22. The number of anilines is 1. The summed E-state index contributed by atoms with van der Waals surface area (Å²) in [6.07, 6.45) is 0.648. The summed E-state index contributed by atoms with van der Waals surface area (Å²) in [6, 6.07) is 16.2. The van der Waals surface area contributed by atoms with E-state index in [1.165, 1.54) is 0 Å². The number of aromatic carboxylic acids is 1. The van der Waals surface area contributed by atoms with Gasteiger partial charge < -0.3 is 16.2 Å². The van der Waals surface area contributed by atoms with E-state index in [0.717, 1.165) is 16.7 Å². The minimum atomic E-state index is -0.951. The number of carboxylic acid groups (broad SMARTS) is 1. The van der Waals surface area contributed by atoms with Crippen molar-refractivity contribution in [3.63, 3.8) is 0 Å². The first kappa shape index (κ1) is 16.8. The van der Waals surface area contributed by atoms with E-state index in [1.807, 2.05) is 24.3 Å². The zero-order chi connectivity index (χ0) is 19.0. The number of rotatable bonds is 3. The van der Waals surface area contributed by atoms with E-state index in [-0.39, 0.29) is 11.5 Å². The molecule has 0 bridgehead atoms. The Morgan fingerprint density at radius 2 is 1.78 bits per heavy atom. The zero-order valence-corrected chi connectivity index (χ0v) is 14.4. The lowest BCUT2D eigenvalue weighted by Crippen LogP contribution is -2.33. The van der Waals surface area contributed by atoms with Gasteiger partial charge in [0, 0.05) is 24.2 Å². The number of carbonyl (C=O) groups excluding carboxylic acids is 1. The summed E-state index contributed by atoms with van der Waals surface area (Å²) in [5.41, 5.74) is 11.4. The molecule has 0 spiro atoms. The van der Waals surface area contributed by atoms with Crippen LogP contribution in [-0.2, 0) is 6.42 Å². The first-order valence-corrected chi connectivity index (χ1v) is 8.54. The van der Waals surface area contributed by atoms with Crippen LogP contribution in [0, 0.1) is 0 Å². The van der Waals surface area contributed by atoms with Gasteiger partial charge in [-0.3, -0.25) is 9.78 Å². The molecular formula is C21H17N3O3. The van der Waals surface area contributed by atoms with Crippen LogP contribution in [0.3, 0.4) is 0 Å². The van der Waals surface area contributed by atoms with Gasteiger partial charge in [0.05, 0.1) is 22.5 Å². The number of nitrogen functional groups attached to an aromatic ring is 1. The van der Waals surface area contributed by atoms with Crippen molar-refractivity contribution < 1.29 is 14.7 Å². The van der Waals surface area contributed by atoms with Gasteiger partial charge in [0.15, 0.2) is 0 Å². The maximum absolute atomic E-state index is 12.0. The van der Waals surface area contributed by atoms with Gasteiger partial charge in [-0.15, -0.1) is 0 Å². The Labute approximate surface area is 155 Å².